The van der Waals surface area contributed by atoms with Crippen LogP contribution < -0.4 is 0 Å². The van der Waals surface area contributed by atoms with Crippen LogP contribution in [0.1, 0.15) is 30.8 Å². The van der Waals surface area contributed by atoms with Crippen molar-refractivity contribution < 1.29 is 14.7 Å². The van der Waals surface area contributed by atoms with Crippen LogP contribution in [0.4, 0.5) is 0 Å². The maximum Gasteiger partial charge on any atom is 0.311 e. The molecule has 0 aromatic carbocycles. The van der Waals surface area contributed by atoms with Crippen LogP contribution in [0.25, 0.3) is 9.88 Å². The molecule has 1 saturated heterocycles. The van der Waals surface area contributed by atoms with Crippen molar-refractivity contribution in [1.29, 1.82) is 0 Å². The second-order valence-electron chi connectivity index (χ2n) is 6.11. The van der Waals surface area contributed by atoms with Crippen molar-refractivity contribution in [3.63, 3.8) is 0 Å². The Labute approximate surface area is 142 Å². The fourth-order valence-electron chi connectivity index (χ4n) is 2.95. The average Bonchev–Trinajstić information content (AvgIpc) is 3.25. The molecule has 3 heterocycles. The molecule has 1 atom stereocenters. The molecular weight excluding hydrogens is 332 g/mol. The van der Waals surface area contributed by atoms with Gasteiger partial charge in [-0.05, 0) is 23.8 Å². The summed E-state index contributed by atoms with van der Waals surface area (Å²) in [4.78, 5) is 31.4. The third-order valence-electron chi connectivity index (χ3n) is 4.57. The normalized spacial score (nSPS) is 21.1. The second kappa shape index (κ2) is 6.05. The molecule has 0 spiro atoms. The van der Waals surface area contributed by atoms with Gasteiger partial charge in [-0.2, -0.15) is 0 Å². The number of likely N-dealkylation sites (tertiary alicyclic amines) is 1. The van der Waals surface area contributed by atoms with Crippen LogP contribution in [0.2, 0.25) is 0 Å². The minimum absolute atomic E-state index is 0.0186. The number of carbonyl (C=O) groups excluding carboxylic acids is 1. The Morgan fingerprint density at radius 3 is 2.74 bits per heavy atom. The van der Waals surface area contributed by atoms with Gasteiger partial charge in [0.05, 0.1) is 10.3 Å². The van der Waals surface area contributed by atoms with E-state index in [4.69, 9.17) is 0 Å². The third-order valence-corrected chi connectivity index (χ3v) is 6.46. The zero-order valence-corrected chi connectivity index (χ0v) is 14.6. The van der Waals surface area contributed by atoms with E-state index in [9.17, 15) is 14.7 Å². The van der Waals surface area contributed by atoms with Gasteiger partial charge in [-0.25, -0.2) is 4.98 Å². The summed E-state index contributed by atoms with van der Waals surface area (Å²) >= 11 is 3.03. The molecular formula is C16H18N2O3S2. The number of aliphatic carboxylic acids is 1. The number of thiophene rings is 1. The van der Waals surface area contributed by atoms with E-state index < -0.39 is 11.4 Å². The first-order chi connectivity index (χ1) is 10.9. The first-order valence-electron chi connectivity index (χ1n) is 7.46. The Bertz CT molecular complexity index is 724. The van der Waals surface area contributed by atoms with Gasteiger partial charge in [-0.3, -0.25) is 9.59 Å². The summed E-state index contributed by atoms with van der Waals surface area (Å²) < 4.78 is 0. The smallest absolute Gasteiger partial charge is 0.311 e. The fourth-order valence-corrected chi connectivity index (χ4v) is 4.55. The molecule has 0 saturated carbocycles. The number of carboxylic acid groups (broad SMARTS) is 1. The maximum atomic E-state index is 12.6. The van der Waals surface area contributed by atoms with Crippen LogP contribution >= 0.6 is 22.7 Å². The van der Waals surface area contributed by atoms with Crippen molar-refractivity contribution in [1.82, 2.24) is 9.88 Å². The molecule has 5 nitrogen and oxygen atoms in total. The highest BCUT2D eigenvalue weighted by molar-refractivity contribution is 7.20. The molecule has 1 amide bonds. The van der Waals surface area contributed by atoms with Crippen LogP contribution in [0.3, 0.4) is 0 Å². The molecule has 23 heavy (non-hydrogen) atoms. The fraction of sp³-hybridized carbons (Fsp3) is 0.438. The Morgan fingerprint density at radius 1 is 1.39 bits per heavy atom. The number of amides is 1. The van der Waals surface area contributed by atoms with Gasteiger partial charge >= 0.3 is 5.97 Å². The predicted octanol–water partition coefficient (Wildman–Crippen LogP) is 3.44. The standard InChI is InChI=1S/C16H18N2O3S2/c1-10(2)16(15(20)21)5-6-18(9-16)14(19)11-8-23-13(17-11)12-4-3-7-22-12/h3-4,7-8,10H,5-6,9H2,1-2H3,(H,20,21). The van der Waals surface area contributed by atoms with E-state index in [0.29, 0.717) is 18.7 Å². The van der Waals surface area contributed by atoms with Crippen LogP contribution in [-0.2, 0) is 4.79 Å². The maximum absolute atomic E-state index is 12.6. The monoisotopic (exact) mass is 350 g/mol. The van der Waals surface area contributed by atoms with Crippen molar-refractivity contribution in [3.8, 4) is 9.88 Å². The topological polar surface area (TPSA) is 70.5 Å². The quantitative estimate of drug-likeness (QED) is 0.917. The minimum atomic E-state index is -0.845. The lowest BCUT2D eigenvalue weighted by Gasteiger charge is -2.28. The molecule has 0 bridgehead atoms. The Hall–Kier alpha value is -1.73. The van der Waals surface area contributed by atoms with Crippen molar-refractivity contribution in [2.45, 2.75) is 20.3 Å². The van der Waals surface area contributed by atoms with Crippen molar-refractivity contribution in [2.75, 3.05) is 13.1 Å². The van der Waals surface area contributed by atoms with Crippen LogP contribution in [-0.4, -0.2) is 40.0 Å². The number of thiazole rings is 1. The Morgan fingerprint density at radius 2 is 2.17 bits per heavy atom. The number of carbonyl (C=O) groups is 2. The van der Waals surface area contributed by atoms with E-state index in [1.807, 2.05) is 31.4 Å². The van der Waals surface area contributed by atoms with Crippen LogP contribution in [0, 0.1) is 11.3 Å². The van der Waals surface area contributed by atoms with Crippen molar-refractivity contribution in [3.05, 3.63) is 28.6 Å². The highest BCUT2D eigenvalue weighted by atomic mass is 32.1. The average molecular weight is 350 g/mol. The van der Waals surface area contributed by atoms with Gasteiger partial charge in [0.2, 0.25) is 0 Å². The molecule has 0 aliphatic carbocycles. The highest BCUT2D eigenvalue weighted by Gasteiger charge is 2.48. The lowest BCUT2D eigenvalue weighted by Crippen LogP contribution is -2.40. The summed E-state index contributed by atoms with van der Waals surface area (Å²) in [6, 6.07) is 3.93. The van der Waals surface area contributed by atoms with E-state index in [0.717, 1.165) is 9.88 Å². The molecule has 1 N–H and O–H groups in total. The molecule has 0 radical (unpaired) electrons. The van der Waals surface area contributed by atoms with E-state index in [-0.39, 0.29) is 18.4 Å². The molecule has 122 valence electrons. The largest absolute Gasteiger partial charge is 0.481 e. The zero-order valence-electron chi connectivity index (χ0n) is 13.0. The number of carboxylic acids is 1. The van der Waals surface area contributed by atoms with Crippen LogP contribution in [0.15, 0.2) is 22.9 Å². The zero-order chi connectivity index (χ0) is 16.6. The Balaban J connectivity index is 1.78. The summed E-state index contributed by atoms with van der Waals surface area (Å²) in [5.41, 5.74) is -0.439. The molecule has 1 unspecified atom stereocenters. The molecule has 2 aromatic heterocycles. The molecule has 7 heteroatoms. The molecule has 1 aliphatic heterocycles. The van der Waals surface area contributed by atoms with E-state index in [2.05, 4.69) is 4.98 Å². The lowest BCUT2D eigenvalue weighted by atomic mass is 9.76. The number of hydrogen-bond acceptors (Lipinski definition) is 5. The van der Waals surface area contributed by atoms with E-state index in [1.165, 1.54) is 11.3 Å². The first-order valence-corrected chi connectivity index (χ1v) is 9.22. The van der Waals surface area contributed by atoms with Crippen molar-refractivity contribution >= 4 is 34.6 Å². The molecule has 1 aliphatic rings. The van der Waals surface area contributed by atoms with Gasteiger partial charge in [0, 0.05) is 18.5 Å². The first kappa shape index (κ1) is 16.1. The number of hydrogen-bond donors (Lipinski definition) is 1. The second-order valence-corrected chi connectivity index (χ2v) is 7.91. The number of nitrogens with zero attached hydrogens (tertiary/aromatic N) is 2. The predicted molar refractivity (Wildman–Crippen MR) is 90.9 cm³/mol. The van der Waals surface area contributed by atoms with E-state index >= 15 is 0 Å². The molecule has 1 fully saturated rings. The summed E-state index contributed by atoms with van der Waals surface area (Å²) in [5.74, 6) is -1.01. The number of rotatable bonds is 4. The SMILES string of the molecule is CC(C)C1(C(=O)O)CCN(C(=O)c2csc(-c3cccs3)n2)C1. The van der Waals surface area contributed by atoms with Gasteiger partial charge in [0.25, 0.3) is 5.91 Å². The third kappa shape index (κ3) is 2.79. The van der Waals surface area contributed by atoms with Gasteiger partial charge in [-0.15, -0.1) is 22.7 Å². The van der Waals surface area contributed by atoms with E-state index in [1.54, 1.807) is 21.6 Å². The summed E-state index contributed by atoms with van der Waals surface area (Å²) in [7, 11) is 0. The number of aromatic nitrogens is 1. The van der Waals surface area contributed by atoms with Gasteiger partial charge in [0.1, 0.15) is 10.7 Å². The van der Waals surface area contributed by atoms with Gasteiger partial charge < -0.3 is 10.0 Å². The summed E-state index contributed by atoms with van der Waals surface area (Å²) in [6.45, 7) is 4.53. The van der Waals surface area contributed by atoms with Gasteiger partial charge in [-0.1, -0.05) is 19.9 Å². The van der Waals surface area contributed by atoms with Crippen LogP contribution in [0.5, 0.6) is 0 Å². The summed E-state index contributed by atoms with van der Waals surface area (Å²) in [6.07, 6.45) is 0.494. The molecule has 2 aromatic rings. The Kier molecular flexibility index (Phi) is 4.25. The van der Waals surface area contributed by atoms with Crippen molar-refractivity contribution in [2.24, 2.45) is 11.3 Å². The summed E-state index contributed by atoms with van der Waals surface area (Å²) in [5, 5.41) is 14.1. The lowest BCUT2D eigenvalue weighted by molar-refractivity contribution is -0.150. The van der Waals surface area contributed by atoms with Gasteiger partial charge in [0.15, 0.2) is 0 Å². The highest BCUT2D eigenvalue weighted by Crippen LogP contribution is 2.39. The minimum Gasteiger partial charge on any atom is -0.481 e. The molecule has 3 rings (SSSR count).